The largest absolute Gasteiger partial charge is 0.322 e. The lowest BCUT2D eigenvalue weighted by molar-refractivity contribution is 0.102. The minimum Gasteiger partial charge on any atom is -0.322 e. The van der Waals surface area contributed by atoms with E-state index < -0.39 is 0 Å². The van der Waals surface area contributed by atoms with E-state index in [1.807, 2.05) is 61.5 Å². The van der Waals surface area contributed by atoms with Crippen LogP contribution in [0.1, 0.15) is 16.2 Å². The number of pyridine rings is 1. The molecular weight excluding hydrogens is 450 g/mol. The molecule has 0 radical (unpaired) electrons. The van der Waals surface area contributed by atoms with Gasteiger partial charge in [0.2, 0.25) is 0 Å². The first kappa shape index (κ1) is 19.4. The van der Waals surface area contributed by atoms with E-state index >= 15 is 0 Å². The smallest absolute Gasteiger partial charge is 0.256 e. The summed E-state index contributed by atoms with van der Waals surface area (Å²) in [5, 5.41) is 10.8. The van der Waals surface area contributed by atoms with E-state index in [4.69, 9.17) is 0 Å². The summed E-state index contributed by atoms with van der Waals surface area (Å²) in [5.41, 5.74) is 2.09. The number of carbonyl (C=O) groups excluding carboxylic acids is 1. The Labute approximate surface area is 180 Å². The molecule has 2 aromatic carbocycles. The first-order valence-corrected chi connectivity index (χ1v) is 10.4. The number of hydrogen-bond donors (Lipinski definition) is 2. The van der Waals surface area contributed by atoms with Gasteiger partial charge in [0, 0.05) is 26.8 Å². The predicted molar refractivity (Wildman–Crippen MR) is 117 cm³/mol. The molecule has 0 fully saturated rings. The number of H-pyrrole nitrogens is 1. The zero-order valence-corrected chi connectivity index (χ0v) is 17.8. The van der Waals surface area contributed by atoms with Gasteiger partial charge in [0.1, 0.15) is 10.9 Å². The highest BCUT2D eigenvalue weighted by molar-refractivity contribution is 9.10. The van der Waals surface area contributed by atoms with Crippen LogP contribution in [0.25, 0.3) is 11.4 Å². The standard InChI is InChI=1S/C21H16BrN5OS/c1-13-24-20(27-26-13)14-5-4-6-16(11-14)25-21(28)17-7-2-3-8-18(17)29-19-10-9-15(22)12-23-19/h2-12H,1H3,(H,25,28)(H,24,26,27). The number of aryl methyl sites for hydroxylation is 1. The summed E-state index contributed by atoms with van der Waals surface area (Å²) >= 11 is 4.83. The molecule has 0 aliphatic rings. The molecule has 0 aliphatic heterocycles. The Bertz CT molecular complexity index is 1160. The van der Waals surface area contributed by atoms with Gasteiger partial charge in [-0.05, 0) is 59.3 Å². The van der Waals surface area contributed by atoms with Gasteiger partial charge < -0.3 is 5.32 Å². The molecule has 0 saturated carbocycles. The highest BCUT2D eigenvalue weighted by Crippen LogP contribution is 2.30. The molecule has 8 heteroatoms. The first-order valence-electron chi connectivity index (χ1n) is 8.78. The third kappa shape index (κ3) is 4.72. The number of nitrogens with zero attached hydrogens (tertiary/aromatic N) is 3. The fourth-order valence-electron chi connectivity index (χ4n) is 2.68. The van der Waals surface area contributed by atoms with E-state index in [2.05, 4.69) is 41.4 Å². The quantitative estimate of drug-likeness (QED) is 0.415. The van der Waals surface area contributed by atoms with Crippen molar-refractivity contribution >= 4 is 39.3 Å². The van der Waals surface area contributed by atoms with Gasteiger partial charge >= 0.3 is 0 Å². The van der Waals surface area contributed by atoms with Crippen LogP contribution in [0.2, 0.25) is 0 Å². The number of halogens is 1. The first-order chi connectivity index (χ1) is 14.1. The second kappa shape index (κ2) is 8.59. The van der Waals surface area contributed by atoms with Crippen molar-refractivity contribution in [3.63, 3.8) is 0 Å². The maximum Gasteiger partial charge on any atom is 0.256 e. The van der Waals surface area contributed by atoms with E-state index in [1.165, 1.54) is 11.8 Å². The molecule has 0 bridgehead atoms. The van der Waals surface area contributed by atoms with Crippen molar-refractivity contribution < 1.29 is 4.79 Å². The number of nitrogens with one attached hydrogen (secondary N) is 2. The zero-order valence-electron chi connectivity index (χ0n) is 15.4. The zero-order chi connectivity index (χ0) is 20.2. The second-order valence-electron chi connectivity index (χ2n) is 6.19. The van der Waals surface area contributed by atoms with Crippen LogP contribution in [0.3, 0.4) is 0 Å². The molecule has 2 aromatic heterocycles. The molecule has 144 valence electrons. The molecular formula is C21H16BrN5OS. The van der Waals surface area contributed by atoms with Crippen molar-refractivity contribution in [2.75, 3.05) is 5.32 Å². The maximum atomic E-state index is 12.9. The van der Waals surface area contributed by atoms with Gasteiger partial charge in [0.25, 0.3) is 5.91 Å². The van der Waals surface area contributed by atoms with E-state index in [9.17, 15) is 4.79 Å². The Hall–Kier alpha value is -2.97. The molecule has 6 nitrogen and oxygen atoms in total. The van der Waals surface area contributed by atoms with Crippen molar-refractivity contribution in [1.82, 2.24) is 20.2 Å². The minimum atomic E-state index is -0.187. The van der Waals surface area contributed by atoms with E-state index in [0.29, 0.717) is 17.1 Å². The summed E-state index contributed by atoms with van der Waals surface area (Å²) in [6.45, 7) is 1.84. The van der Waals surface area contributed by atoms with Crippen molar-refractivity contribution in [2.24, 2.45) is 0 Å². The van der Waals surface area contributed by atoms with Crippen LogP contribution >= 0.6 is 27.7 Å². The summed E-state index contributed by atoms with van der Waals surface area (Å²) in [4.78, 5) is 22.5. The molecule has 0 saturated heterocycles. The summed E-state index contributed by atoms with van der Waals surface area (Å²) in [6.07, 6.45) is 1.74. The number of aromatic nitrogens is 4. The van der Waals surface area contributed by atoms with Gasteiger partial charge in [0.05, 0.1) is 5.56 Å². The molecule has 29 heavy (non-hydrogen) atoms. The molecule has 0 spiro atoms. The summed E-state index contributed by atoms with van der Waals surface area (Å²) in [7, 11) is 0. The number of benzene rings is 2. The molecule has 4 rings (SSSR count). The second-order valence-corrected chi connectivity index (χ2v) is 8.17. The monoisotopic (exact) mass is 465 g/mol. The lowest BCUT2D eigenvalue weighted by atomic mass is 10.1. The third-order valence-corrected chi connectivity index (χ3v) is 5.52. The predicted octanol–water partition coefficient (Wildman–Crippen LogP) is 5.34. The third-order valence-electron chi connectivity index (χ3n) is 4.02. The molecule has 2 heterocycles. The molecule has 0 atom stereocenters. The summed E-state index contributed by atoms with van der Waals surface area (Å²) in [5.74, 6) is 1.14. The average Bonchev–Trinajstić information content (AvgIpc) is 3.17. The van der Waals surface area contributed by atoms with Crippen LogP contribution in [0.5, 0.6) is 0 Å². The van der Waals surface area contributed by atoms with Crippen LogP contribution in [-0.2, 0) is 0 Å². The fraction of sp³-hybridized carbons (Fsp3) is 0.0476. The number of amides is 1. The normalized spacial score (nSPS) is 10.7. The van der Waals surface area contributed by atoms with Crippen LogP contribution in [0.4, 0.5) is 5.69 Å². The van der Waals surface area contributed by atoms with Gasteiger partial charge in [0.15, 0.2) is 5.82 Å². The van der Waals surface area contributed by atoms with Crippen LogP contribution < -0.4 is 5.32 Å². The Balaban J connectivity index is 1.55. The number of aromatic amines is 1. The Morgan fingerprint density at radius 2 is 1.97 bits per heavy atom. The Kier molecular flexibility index (Phi) is 5.73. The van der Waals surface area contributed by atoms with Gasteiger partial charge in [-0.15, -0.1) is 0 Å². The maximum absolute atomic E-state index is 12.9. The van der Waals surface area contributed by atoms with Crippen LogP contribution in [0, 0.1) is 6.92 Å². The van der Waals surface area contributed by atoms with Crippen LogP contribution in [-0.4, -0.2) is 26.1 Å². The summed E-state index contributed by atoms with van der Waals surface area (Å²) in [6, 6.07) is 18.8. The number of rotatable bonds is 5. The molecule has 0 aliphatic carbocycles. The lowest BCUT2D eigenvalue weighted by Gasteiger charge is -2.10. The Morgan fingerprint density at radius 3 is 2.72 bits per heavy atom. The number of carbonyl (C=O) groups is 1. The molecule has 4 aromatic rings. The number of hydrogen-bond acceptors (Lipinski definition) is 5. The van der Waals surface area contributed by atoms with Gasteiger partial charge in [-0.3, -0.25) is 9.89 Å². The molecule has 0 unspecified atom stereocenters. The fourth-order valence-corrected chi connectivity index (χ4v) is 3.80. The van der Waals surface area contributed by atoms with Crippen molar-refractivity contribution in [1.29, 1.82) is 0 Å². The van der Waals surface area contributed by atoms with Gasteiger partial charge in [-0.1, -0.05) is 36.0 Å². The number of anilines is 1. The average molecular weight is 466 g/mol. The summed E-state index contributed by atoms with van der Waals surface area (Å²) < 4.78 is 0.911. The van der Waals surface area contributed by atoms with Crippen molar-refractivity contribution in [3.05, 3.63) is 82.7 Å². The van der Waals surface area contributed by atoms with Gasteiger partial charge in [-0.25, -0.2) is 9.97 Å². The Morgan fingerprint density at radius 1 is 1.10 bits per heavy atom. The molecule has 2 N–H and O–H groups in total. The minimum absolute atomic E-state index is 0.187. The highest BCUT2D eigenvalue weighted by Gasteiger charge is 2.14. The van der Waals surface area contributed by atoms with E-state index in [0.717, 1.165) is 25.8 Å². The lowest BCUT2D eigenvalue weighted by Crippen LogP contribution is -2.13. The van der Waals surface area contributed by atoms with Crippen LogP contribution in [0.15, 0.2) is 81.3 Å². The topological polar surface area (TPSA) is 83.6 Å². The highest BCUT2D eigenvalue weighted by atomic mass is 79.9. The van der Waals surface area contributed by atoms with Crippen molar-refractivity contribution in [3.8, 4) is 11.4 Å². The SMILES string of the molecule is Cc1nc(-c2cccc(NC(=O)c3ccccc3Sc3ccc(Br)cn3)c2)n[nH]1. The van der Waals surface area contributed by atoms with Crippen molar-refractivity contribution in [2.45, 2.75) is 16.8 Å². The van der Waals surface area contributed by atoms with Gasteiger partial charge in [-0.2, -0.15) is 5.10 Å². The molecule has 1 amide bonds. The van der Waals surface area contributed by atoms with E-state index in [-0.39, 0.29) is 5.91 Å². The van der Waals surface area contributed by atoms with E-state index in [1.54, 1.807) is 12.3 Å².